The lowest BCUT2D eigenvalue weighted by molar-refractivity contribution is 1.08. The van der Waals surface area contributed by atoms with Crippen molar-refractivity contribution in [1.82, 2.24) is 19.9 Å². The molecule has 168 valence electrons. The second kappa shape index (κ2) is 8.36. The molecular formula is C32H20N4. The lowest BCUT2D eigenvalue weighted by Crippen LogP contribution is -2.01. The maximum Gasteiger partial charge on any atom is 0.166 e. The third kappa shape index (κ3) is 3.39. The SMILES string of the molecule is c1ccc(-c2nc(-c3cccc4c3ccc3ccccc34)nc(-c3cccc4cccnc34)n2)cc1. The number of nitrogens with zero attached hydrogens (tertiary/aromatic N) is 4. The molecule has 2 aromatic heterocycles. The number of pyridine rings is 1. The van der Waals surface area contributed by atoms with Crippen LogP contribution in [0.4, 0.5) is 0 Å². The van der Waals surface area contributed by atoms with E-state index in [1.165, 1.54) is 16.2 Å². The molecular weight excluding hydrogens is 440 g/mol. The lowest BCUT2D eigenvalue weighted by atomic mass is 9.98. The number of aromatic nitrogens is 4. The van der Waals surface area contributed by atoms with Crippen molar-refractivity contribution in [3.05, 3.63) is 121 Å². The predicted octanol–water partition coefficient (Wildman–Crippen LogP) is 7.73. The highest BCUT2D eigenvalue weighted by atomic mass is 15.0. The van der Waals surface area contributed by atoms with Gasteiger partial charge in [-0.1, -0.05) is 103 Å². The van der Waals surface area contributed by atoms with Crippen molar-refractivity contribution in [2.24, 2.45) is 0 Å². The fourth-order valence-electron chi connectivity index (χ4n) is 4.85. The van der Waals surface area contributed by atoms with E-state index >= 15 is 0 Å². The first-order valence-electron chi connectivity index (χ1n) is 11.9. The van der Waals surface area contributed by atoms with E-state index in [9.17, 15) is 0 Å². The van der Waals surface area contributed by atoms with Gasteiger partial charge in [-0.15, -0.1) is 0 Å². The third-order valence-corrected chi connectivity index (χ3v) is 6.57. The van der Waals surface area contributed by atoms with Crippen LogP contribution in [0.3, 0.4) is 0 Å². The smallest absolute Gasteiger partial charge is 0.166 e. The van der Waals surface area contributed by atoms with Gasteiger partial charge in [0.1, 0.15) is 0 Å². The number of para-hydroxylation sites is 1. The Morgan fingerprint density at radius 1 is 0.389 bits per heavy atom. The van der Waals surface area contributed by atoms with Crippen molar-refractivity contribution >= 4 is 32.4 Å². The van der Waals surface area contributed by atoms with Crippen molar-refractivity contribution in [2.75, 3.05) is 0 Å². The van der Waals surface area contributed by atoms with Gasteiger partial charge in [0.15, 0.2) is 17.5 Å². The topological polar surface area (TPSA) is 51.6 Å². The minimum absolute atomic E-state index is 0.612. The van der Waals surface area contributed by atoms with Crippen LogP contribution in [-0.4, -0.2) is 19.9 Å². The van der Waals surface area contributed by atoms with Crippen molar-refractivity contribution in [3.63, 3.8) is 0 Å². The Kier molecular flexibility index (Phi) is 4.74. The van der Waals surface area contributed by atoms with Crippen LogP contribution in [0.25, 0.3) is 66.6 Å². The quantitative estimate of drug-likeness (QED) is 0.253. The highest BCUT2D eigenvalue weighted by Crippen LogP contribution is 2.34. The van der Waals surface area contributed by atoms with E-state index in [-0.39, 0.29) is 0 Å². The lowest BCUT2D eigenvalue weighted by Gasteiger charge is -2.12. The highest BCUT2D eigenvalue weighted by molar-refractivity contribution is 6.11. The fraction of sp³-hybridized carbons (Fsp3) is 0. The summed E-state index contributed by atoms with van der Waals surface area (Å²) in [5, 5.41) is 5.77. The molecule has 0 N–H and O–H groups in total. The van der Waals surface area contributed by atoms with Crippen LogP contribution in [0.15, 0.2) is 121 Å². The van der Waals surface area contributed by atoms with Crippen LogP contribution in [0.5, 0.6) is 0 Å². The Labute approximate surface area is 208 Å². The summed E-state index contributed by atoms with van der Waals surface area (Å²) in [6.45, 7) is 0. The second-order valence-corrected chi connectivity index (χ2v) is 8.74. The van der Waals surface area contributed by atoms with Gasteiger partial charge in [0.2, 0.25) is 0 Å². The van der Waals surface area contributed by atoms with E-state index in [0.29, 0.717) is 17.5 Å². The molecule has 0 amide bonds. The van der Waals surface area contributed by atoms with Gasteiger partial charge < -0.3 is 0 Å². The summed E-state index contributed by atoms with van der Waals surface area (Å²) >= 11 is 0. The molecule has 0 saturated carbocycles. The van der Waals surface area contributed by atoms with Gasteiger partial charge in [-0.2, -0.15) is 0 Å². The Morgan fingerprint density at radius 3 is 1.97 bits per heavy atom. The summed E-state index contributed by atoms with van der Waals surface area (Å²) in [6.07, 6.45) is 1.81. The van der Waals surface area contributed by atoms with Crippen LogP contribution in [0.1, 0.15) is 0 Å². The minimum atomic E-state index is 0.612. The Hall–Kier alpha value is -4.96. The summed E-state index contributed by atoms with van der Waals surface area (Å²) in [4.78, 5) is 19.5. The van der Waals surface area contributed by atoms with E-state index in [1.54, 1.807) is 0 Å². The maximum atomic E-state index is 5.02. The molecule has 0 aliphatic rings. The van der Waals surface area contributed by atoms with Crippen LogP contribution in [0, 0.1) is 0 Å². The monoisotopic (exact) mass is 460 g/mol. The normalized spacial score (nSPS) is 11.3. The van der Waals surface area contributed by atoms with Crippen LogP contribution in [0.2, 0.25) is 0 Å². The van der Waals surface area contributed by atoms with Crippen molar-refractivity contribution in [3.8, 4) is 34.2 Å². The van der Waals surface area contributed by atoms with Crippen molar-refractivity contribution < 1.29 is 0 Å². The van der Waals surface area contributed by atoms with Gasteiger partial charge in [0.25, 0.3) is 0 Å². The fourth-order valence-corrected chi connectivity index (χ4v) is 4.85. The second-order valence-electron chi connectivity index (χ2n) is 8.74. The molecule has 0 aliphatic carbocycles. The van der Waals surface area contributed by atoms with E-state index in [4.69, 9.17) is 15.0 Å². The molecule has 7 aromatic rings. The van der Waals surface area contributed by atoms with E-state index in [2.05, 4.69) is 71.7 Å². The van der Waals surface area contributed by atoms with Gasteiger partial charge in [-0.3, -0.25) is 4.98 Å². The molecule has 0 unspecified atom stereocenters. The molecule has 2 heterocycles. The molecule has 0 spiro atoms. The van der Waals surface area contributed by atoms with Gasteiger partial charge >= 0.3 is 0 Å². The molecule has 0 atom stereocenters. The van der Waals surface area contributed by atoms with Crippen molar-refractivity contribution in [1.29, 1.82) is 0 Å². The number of hydrogen-bond acceptors (Lipinski definition) is 4. The number of fused-ring (bicyclic) bond motifs is 4. The molecule has 7 rings (SSSR count). The highest BCUT2D eigenvalue weighted by Gasteiger charge is 2.16. The molecule has 0 aliphatic heterocycles. The first-order chi connectivity index (χ1) is 17.8. The largest absolute Gasteiger partial charge is 0.255 e. The third-order valence-electron chi connectivity index (χ3n) is 6.57. The minimum Gasteiger partial charge on any atom is -0.255 e. The average Bonchev–Trinajstić information content (AvgIpc) is 2.96. The Bertz CT molecular complexity index is 1890. The van der Waals surface area contributed by atoms with Crippen LogP contribution in [-0.2, 0) is 0 Å². The van der Waals surface area contributed by atoms with E-state index < -0.39 is 0 Å². The molecule has 0 saturated heterocycles. The van der Waals surface area contributed by atoms with Gasteiger partial charge in [-0.05, 0) is 33.7 Å². The number of rotatable bonds is 3. The summed E-state index contributed by atoms with van der Waals surface area (Å²) in [7, 11) is 0. The zero-order valence-corrected chi connectivity index (χ0v) is 19.3. The average molecular weight is 461 g/mol. The summed E-state index contributed by atoms with van der Waals surface area (Å²) < 4.78 is 0. The van der Waals surface area contributed by atoms with E-state index in [0.717, 1.165) is 33.0 Å². The summed E-state index contributed by atoms with van der Waals surface area (Å²) in [5.41, 5.74) is 3.69. The Balaban J connectivity index is 1.53. The molecule has 0 radical (unpaired) electrons. The zero-order chi connectivity index (χ0) is 23.9. The first-order valence-corrected chi connectivity index (χ1v) is 11.9. The van der Waals surface area contributed by atoms with Crippen LogP contribution < -0.4 is 0 Å². The molecule has 5 aromatic carbocycles. The molecule has 4 heteroatoms. The molecule has 0 bridgehead atoms. The summed E-state index contributed by atoms with van der Waals surface area (Å²) in [6, 6.07) is 39.3. The van der Waals surface area contributed by atoms with E-state index in [1.807, 2.05) is 54.7 Å². The standard InChI is InChI=1S/C32H20N4/c1-2-10-23(11-3-1)30-34-31(36-32(35-30)28-17-6-12-22-13-8-20-33-29(22)28)27-16-7-15-25-24-14-5-4-9-21(24)18-19-26(25)27/h1-20H. The molecule has 36 heavy (non-hydrogen) atoms. The number of hydrogen-bond donors (Lipinski definition) is 0. The Morgan fingerprint density at radius 2 is 1.06 bits per heavy atom. The predicted molar refractivity (Wildman–Crippen MR) is 146 cm³/mol. The van der Waals surface area contributed by atoms with Crippen molar-refractivity contribution in [2.45, 2.75) is 0 Å². The first kappa shape index (κ1) is 20.4. The molecule has 4 nitrogen and oxygen atoms in total. The zero-order valence-electron chi connectivity index (χ0n) is 19.3. The molecule has 0 fully saturated rings. The van der Waals surface area contributed by atoms with Gasteiger partial charge in [-0.25, -0.2) is 15.0 Å². The van der Waals surface area contributed by atoms with Gasteiger partial charge in [0.05, 0.1) is 5.52 Å². The van der Waals surface area contributed by atoms with Gasteiger partial charge in [0, 0.05) is 28.3 Å². The maximum absolute atomic E-state index is 5.02. The summed E-state index contributed by atoms with van der Waals surface area (Å²) in [5.74, 6) is 1.90. The number of benzene rings is 5. The van der Waals surface area contributed by atoms with Crippen LogP contribution >= 0.6 is 0 Å².